The number of hydrogen-bond acceptors (Lipinski definition) is 6. The molecule has 0 bridgehead atoms. The van der Waals surface area contributed by atoms with E-state index in [0.29, 0.717) is 43.9 Å². The van der Waals surface area contributed by atoms with E-state index in [-0.39, 0.29) is 24.7 Å². The molecule has 0 saturated heterocycles. The molecule has 1 amide bonds. The number of nitrogens with one attached hydrogen (secondary N) is 1. The highest BCUT2D eigenvalue weighted by Crippen LogP contribution is 2.43. The van der Waals surface area contributed by atoms with Crippen molar-refractivity contribution in [1.82, 2.24) is 5.32 Å². The molecular weight excluding hydrogens is 572 g/mol. The predicted octanol–water partition coefficient (Wildman–Crippen LogP) is 5.13. The van der Waals surface area contributed by atoms with E-state index < -0.39 is 11.6 Å². The monoisotopic (exact) mass is 606 g/mol. The number of aliphatic imine (C=N–C) groups is 1. The zero-order valence-corrected chi connectivity index (χ0v) is 23.9. The Labute approximate surface area is 243 Å². The molecule has 2 aliphatic rings. The average Bonchev–Trinajstić information content (AvgIpc) is 3.36. The van der Waals surface area contributed by atoms with Crippen molar-refractivity contribution in [3.8, 4) is 5.75 Å². The topological polar surface area (TPSA) is 100 Å². The van der Waals surface area contributed by atoms with Gasteiger partial charge in [0.25, 0.3) is 5.91 Å². The lowest BCUT2D eigenvalue weighted by molar-refractivity contribution is -0.130. The molecule has 0 aromatic heterocycles. The van der Waals surface area contributed by atoms with Crippen LogP contribution < -0.4 is 10.1 Å². The first-order chi connectivity index (χ1) is 19.5. The number of aliphatic hydroxyl groups is 2. The first kappa shape index (κ1) is 28.3. The van der Waals surface area contributed by atoms with Gasteiger partial charge in [0.15, 0.2) is 11.6 Å². The molecule has 0 spiro atoms. The summed E-state index contributed by atoms with van der Waals surface area (Å²) in [5.41, 5.74) is 1.35. The highest BCUT2D eigenvalue weighted by molar-refractivity contribution is 9.10. The maximum Gasteiger partial charge on any atom is 0.252 e. The lowest BCUT2D eigenvalue weighted by Gasteiger charge is -2.34. The zero-order valence-electron chi connectivity index (χ0n) is 22.3. The van der Waals surface area contributed by atoms with Crippen molar-refractivity contribution in [2.45, 2.75) is 62.3 Å². The molecule has 1 aliphatic carbocycles. The first-order valence-corrected chi connectivity index (χ1v) is 14.6. The van der Waals surface area contributed by atoms with Crippen LogP contribution in [0.15, 0.2) is 88.3 Å². The number of rotatable bonds is 10. The number of carbonyl (C=O) groups is 1. The third-order valence-electron chi connectivity index (χ3n) is 7.55. The molecule has 3 aromatic rings. The summed E-state index contributed by atoms with van der Waals surface area (Å²) in [6.45, 7) is 0.505. The third kappa shape index (κ3) is 6.57. The number of hydrogen-bond donors (Lipinski definition) is 3. The second kappa shape index (κ2) is 13.0. The first-order valence-electron chi connectivity index (χ1n) is 13.9. The molecule has 8 heteroatoms. The number of amides is 1. The summed E-state index contributed by atoms with van der Waals surface area (Å²) in [6.07, 6.45) is 2.77. The number of aliphatic hydroxyl groups excluding tert-OH is 2. The number of benzene rings is 3. The van der Waals surface area contributed by atoms with E-state index in [2.05, 4.69) is 21.2 Å². The number of halogens is 1. The van der Waals surface area contributed by atoms with Gasteiger partial charge in [-0.2, -0.15) is 0 Å². The minimum atomic E-state index is -1.24. The van der Waals surface area contributed by atoms with E-state index in [1.807, 2.05) is 78.9 Å². The Morgan fingerprint density at radius 1 is 1.00 bits per heavy atom. The molecule has 40 heavy (non-hydrogen) atoms. The van der Waals surface area contributed by atoms with E-state index in [1.54, 1.807) is 0 Å². The molecule has 0 radical (unpaired) electrons. The third-order valence-corrected chi connectivity index (χ3v) is 8.08. The molecule has 5 rings (SSSR count). The number of ether oxygens (including phenoxy) is 2. The van der Waals surface area contributed by atoms with Crippen LogP contribution in [0.1, 0.15) is 54.9 Å². The van der Waals surface area contributed by atoms with Crippen molar-refractivity contribution in [3.63, 3.8) is 0 Å². The molecule has 2 atom stereocenters. The Kier molecular flexibility index (Phi) is 9.19. The van der Waals surface area contributed by atoms with Gasteiger partial charge in [0.2, 0.25) is 5.90 Å². The van der Waals surface area contributed by atoms with Gasteiger partial charge in [0.05, 0.1) is 12.7 Å². The van der Waals surface area contributed by atoms with Crippen LogP contribution in [0.25, 0.3) is 0 Å². The molecule has 210 valence electrons. The van der Waals surface area contributed by atoms with E-state index in [9.17, 15) is 9.90 Å². The molecule has 1 saturated carbocycles. The summed E-state index contributed by atoms with van der Waals surface area (Å²) in [7, 11) is 0. The second-order valence-electron chi connectivity index (χ2n) is 10.5. The molecule has 1 fully saturated rings. The van der Waals surface area contributed by atoms with E-state index >= 15 is 0 Å². The molecule has 1 heterocycles. The van der Waals surface area contributed by atoms with Crippen LogP contribution >= 0.6 is 15.9 Å². The van der Waals surface area contributed by atoms with Crippen molar-refractivity contribution in [3.05, 3.63) is 100 Å². The molecule has 0 unspecified atom stereocenters. The van der Waals surface area contributed by atoms with Gasteiger partial charge in [-0.3, -0.25) is 4.79 Å². The highest BCUT2D eigenvalue weighted by Gasteiger charge is 2.53. The van der Waals surface area contributed by atoms with Crippen LogP contribution in [-0.4, -0.2) is 52.9 Å². The molecule has 7 nitrogen and oxygen atoms in total. The van der Waals surface area contributed by atoms with Gasteiger partial charge < -0.3 is 25.0 Å². The van der Waals surface area contributed by atoms with Gasteiger partial charge >= 0.3 is 0 Å². The lowest BCUT2D eigenvalue weighted by Crippen LogP contribution is -2.53. The number of nitrogens with zero attached hydrogens (tertiary/aromatic N) is 1. The van der Waals surface area contributed by atoms with Gasteiger partial charge in [-0.15, -0.1) is 0 Å². The van der Waals surface area contributed by atoms with Gasteiger partial charge in [-0.25, -0.2) is 4.99 Å². The molecule has 3 aromatic carbocycles. The van der Waals surface area contributed by atoms with Gasteiger partial charge in [-0.1, -0.05) is 58.4 Å². The lowest BCUT2D eigenvalue weighted by atomic mass is 9.81. The van der Waals surface area contributed by atoms with Crippen LogP contribution in [0.3, 0.4) is 0 Å². The van der Waals surface area contributed by atoms with E-state index in [4.69, 9.17) is 19.6 Å². The normalized spacial score (nSPS) is 24.2. The fourth-order valence-corrected chi connectivity index (χ4v) is 5.62. The average molecular weight is 608 g/mol. The van der Waals surface area contributed by atoms with Crippen molar-refractivity contribution < 1.29 is 24.5 Å². The van der Waals surface area contributed by atoms with E-state index in [1.165, 1.54) is 0 Å². The van der Waals surface area contributed by atoms with Crippen molar-refractivity contribution in [2.75, 3.05) is 13.2 Å². The van der Waals surface area contributed by atoms with E-state index in [0.717, 1.165) is 34.0 Å². The molecule has 3 N–H and O–H groups in total. The summed E-state index contributed by atoms with van der Waals surface area (Å²) in [4.78, 5) is 19.4. The smallest absolute Gasteiger partial charge is 0.252 e. The Hall–Kier alpha value is -3.20. The van der Waals surface area contributed by atoms with Crippen LogP contribution in [0.4, 0.5) is 0 Å². The van der Waals surface area contributed by atoms with Crippen molar-refractivity contribution in [1.29, 1.82) is 0 Å². The summed E-state index contributed by atoms with van der Waals surface area (Å²) in [5.74, 6) is 0.914. The Morgan fingerprint density at radius 2 is 1.70 bits per heavy atom. The fraction of sp³-hybridized carbons (Fsp3) is 0.375. The van der Waals surface area contributed by atoms with Crippen LogP contribution in [0.2, 0.25) is 0 Å². The summed E-state index contributed by atoms with van der Waals surface area (Å²) < 4.78 is 13.2. The maximum atomic E-state index is 14.3. The summed E-state index contributed by atoms with van der Waals surface area (Å²) >= 11 is 3.52. The minimum absolute atomic E-state index is 0.0243. The Morgan fingerprint density at radius 3 is 2.38 bits per heavy atom. The fourth-order valence-electron chi connectivity index (χ4n) is 5.36. The molecular formula is C32H35BrN2O5. The van der Waals surface area contributed by atoms with Crippen LogP contribution in [0, 0.1) is 0 Å². The second-order valence-corrected chi connectivity index (χ2v) is 11.4. The largest absolute Gasteiger partial charge is 0.494 e. The van der Waals surface area contributed by atoms with Gasteiger partial charge in [0.1, 0.15) is 5.75 Å². The number of carbonyl (C=O) groups excluding carboxylic acids is 1. The van der Waals surface area contributed by atoms with Gasteiger partial charge in [-0.05, 0) is 73.2 Å². The standard InChI is InChI=1S/C32H35BrN2O5/c33-25-11-7-23(8-12-25)29-32(21-22-5-2-1-3-6-22,31(38)34-26-13-15-27(37)16-14-26)35-30(40-29)24-9-17-28(18-10-24)39-20-4-19-36/h1-3,5-12,17-18,26-27,29,36-37H,4,13-16,19-21H2,(H,34,38)/t26?,27?,29-,32-/m1/s1. The molecule has 1 aliphatic heterocycles. The van der Waals surface area contributed by atoms with Crippen molar-refractivity contribution >= 4 is 27.7 Å². The van der Waals surface area contributed by atoms with Crippen LogP contribution in [-0.2, 0) is 16.0 Å². The Bertz CT molecular complexity index is 1290. The predicted molar refractivity (Wildman–Crippen MR) is 157 cm³/mol. The SMILES string of the molecule is O=C(NC1CCC(O)CC1)[C@]1(Cc2ccccc2)N=C(c2ccc(OCCCO)cc2)O[C@@H]1c1ccc(Br)cc1. The van der Waals surface area contributed by atoms with Gasteiger partial charge in [0, 0.05) is 35.5 Å². The zero-order chi connectivity index (χ0) is 28.0. The van der Waals surface area contributed by atoms with Crippen molar-refractivity contribution in [2.24, 2.45) is 4.99 Å². The highest BCUT2D eigenvalue weighted by atomic mass is 79.9. The summed E-state index contributed by atoms with van der Waals surface area (Å²) in [6, 6.07) is 25.2. The van der Waals surface area contributed by atoms with Crippen LogP contribution in [0.5, 0.6) is 5.75 Å². The maximum absolute atomic E-state index is 14.3. The quantitative estimate of drug-likeness (QED) is 0.278. The summed E-state index contributed by atoms with van der Waals surface area (Å²) in [5, 5.41) is 22.3. The minimum Gasteiger partial charge on any atom is -0.494 e. The Balaban J connectivity index is 1.53.